The molecule has 2 aromatic rings. The Morgan fingerprint density at radius 3 is 2.04 bits per heavy atom. The van der Waals surface area contributed by atoms with Crippen LogP contribution in [0.2, 0.25) is 0 Å². The van der Waals surface area contributed by atoms with Gasteiger partial charge in [0.2, 0.25) is 0 Å². The van der Waals surface area contributed by atoms with Crippen LogP contribution in [0.4, 0.5) is 17.6 Å². The zero-order valence-corrected chi connectivity index (χ0v) is 17.8. The number of rotatable bonds is 6. The SMILES string of the molecule is C[C-](c1ccc(C(=O)N(Cc2ccccc2)CC(F)(F)F)cc1)[C@@](C)(F)P.[Mn]. The molecule has 28 heavy (non-hydrogen) atoms. The fourth-order valence-corrected chi connectivity index (χ4v) is 2.71. The number of carbonyl (C=O) groups is 1. The Hall–Kier alpha value is -1.55. The molecule has 0 aliphatic heterocycles. The molecule has 153 valence electrons. The number of carbonyl (C=O) groups excluding carboxylic acids is 1. The maximum Gasteiger partial charge on any atom is 0.406 e. The molecule has 0 heterocycles. The minimum atomic E-state index is -4.51. The summed E-state index contributed by atoms with van der Waals surface area (Å²) in [5, 5.41) is -1.61. The van der Waals surface area contributed by atoms with Gasteiger partial charge in [0.05, 0.1) is 5.41 Å². The molecule has 0 aliphatic rings. The summed E-state index contributed by atoms with van der Waals surface area (Å²) in [6.45, 7) is 1.51. The zero-order chi connectivity index (χ0) is 20.2. The van der Waals surface area contributed by atoms with Crippen LogP contribution in [-0.2, 0) is 23.6 Å². The van der Waals surface area contributed by atoms with E-state index >= 15 is 0 Å². The topological polar surface area (TPSA) is 20.3 Å². The van der Waals surface area contributed by atoms with Crippen molar-refractivity contribution in [2.24, 2.45) is 0 Å². The van der Waals surface area contributed by atoms with E-state index in [9.17, 15) is 22.4 Å². The molecule has 2 atom stereocenters. The smallest absolute Gasteiger partial charge is 0.325 e. The van der Waals surface area contributed by atoms with Crippen LogP contribution in [0.1, 0.15) is 35.3 Å². The molecule has 0 aliphatic carbocycles. The number of halogens is 4. The predicted octanol–water partition coefficient (Wildman–Crippen LogP) is 5.39. The molecular formula is C20H21F4MnNOP-. The van der Waals surface area contributed by atoms with E-state index in [1.54, 1.807) is 49.4 Å². The van der Waals surface area contributed by atoms with Gasteiger partial charge in [0.15, 0.2) is 0 Å². The van der Waals surface area contributed by atoms with Crippen molar-refractivity contribution in [2.75, 3.05) is 6.54 Å². The van der Waals surface area contributed by atoms with E-state index in [1.165, 1.54) is 19.1 Å². The number of hydrogen-bond donors (Lipinski definition) is 0. The molecule has 1 unspecified atom stereocenters. The molecule has 8 heteroatoms. The van der Waals surface area contributed by atoms with Gasteiger partial charge in [-0.15, -0.1) is 27.3 Å². The molecule has 0 fully saturated rings. The molecule has 0 aromatic heterocycles. The van der Waals surface area contributed by atoms with Crippen molar-refractivity contribution in [1.82, 2.24) is 4.90 Å². The van der Waals surface area contributed by atoms with Crippen molar-refractivity contribution in [3.8, 4) is 0 Å². The van der Waals surface area contributed by atoms with E-state index in [2.05, 4.69) is 9.24 Å². The average molecular weight is 453 g/mol. The maximum absolute atomic E-state index is 14.0. The van der Waals surface area contributed by atoms with Gasteiger partial charge in [0.25, 0.3) is 5.91 Å². The number of benzene rings is 2. The second-order valence-corrected chi connectivity index (χ2v) is 7.62. The molecule has 0 saturated heterocycles. The van der Waals surface area contributed by atoms with Gasteiger partial charge in [-0.25, -0.2) is 4.39 Å². The number of amides is 1. The monoisotopic (exact) mass is 453 g/mol. The normalized spacial score (nSPS) is 13.2. The fourth-order valence-electron chi connectivity index (χ4n) is 2.55. The first-order valence-corrected chi connectivity index (χ1v) is 8.87. The van der Waals surface area contributed by atoms with Crippen LogP contribution in [0.15, 0.2) is 54.6 Å². The van der Waals surface area contributed by atoms with Gasteiger partial charge < -0.3 is 4.90 Å². The summed E-state index contributed by atoms with van der Waals surface area (Å²) in [5.74, 6) is -0.280. The van der Waals surface area contributed by atoms with Gasteiger partial charge in [-0.2, -0.15) is 30.9 Å². The third-order valence-electron chi connectivity index (χ3n) is 4.17. The molecule has 1 radical (unpaired) electrons. The second kappa shape index (κ2) is 9.78. The van der Waals surface area contributed by atoms with E-state index in [0.717, 1.165) is 4.90 Å². The molecule has 2 aromatic carbocycles. The molecule has 0 saturated carbocycles. The van der Waals surface area contributed by atoms with E-state index in [4.69, 9.17) is 0 Å². The summed E-state index contributed by atoms with van der Waals surface area (Å²) < 4.78 is 52.8. The third kappa shape index (κ3) is 7.12. The van der Waals surface area contributed by atoms with Gasteiger partial charge in [-0.3, -0.25) is 4.79 Å². The average Bonchev–Trinajstić information content (AvgIpc) is 2.59. The molecule has 1 amide bonds. The van der Waals surface area contributed by atoms with Crippen molar-refractivity contribution in [3.63, 3.8) is 0 Å². The second-order valence-electron chi connectivity index (χ2n) is 6.54. The minimum Gasteiger partial charge on any atom is -0.325 e. The van der Waals surface area contributed by atoms with E-state index in [0.29, 0.717) is 17.0 Å². The fraction of sp³-hybridized carbons (Fsp3) is 0.300. The Kier molecular flexibility index (Phi) is 8.55. The Bertz CT molecular complexity index is 761. The van der Waals surface area contributed by atoms with Gasteiger partial charge in [-0.1, -0.05) is 37.3 Å². The van der Waals surface area contributed by atoms with Crippen LogP contribution >= 0.6 is 9.24 Å². The Labute approximate surface area is 175 Å². The van der Waals surface area contributed by atoms with Crippen LogP contribution in [0.5, 0.6) is 0 Å². The first-order valence-electron chi connectivity index (χ1n) is 8.29. The Morgan fingerprint density at radius 2 is 1.57 bits per heavy atom. The summed E-state index contributed by atoms with van der Waals surface area (Å²) in [5.41, 5.74) is 1.31. The van der Waals surface area contributed by atoms with E-state index < -0.39 is 24.0 Å². The summed E-state index contributed by atoms with van der Waals surface area (Å²) >= 11 is 0. The molecule has 0 N–H and O–H groups in total. The van der Waals surface area contributed by atoms with Gasteiger partial charge in [-0.05, 0) is 12.5 Å². The minimum absolute atomic E-state index is 0. The van der Waals surface area contributed by atoms with Crippen LogP contribution in [0.3, 0.4) is 0 Å². The summed E-state index contributed by atoms with van der Waals surface area (Å²) in [6.07, 6.45) is -4.51. The predicted molar refractivity (Wildman–Crippen MR) is 101 cm³/mol. The number of hydrogen-bond acceptors (Lipinski definition) is 1. The van der Waals surface area contributed by atoms with Crippen LogP contribution in [0, 0.1) is 5.92 Å². The van der Waals surface area contributed by atoms with Gasteiger partial charge in [0.1, 0.15) is 6.54 Å². The van der Waals surface area contributed by atoms with E-state index in [1.807, 2.05) is 0 Å². The molecule has 2 rings (SSSR count). The first kappa shape index (κ1) is 24.5. The first-order chi connectivity index (χ1) is 12.5. The molecular weight excluding hydrogens is 432 g/mol. The van der Waals surface area contributed by atoms with Gasteiger partial charge in [0, 0.05) is 29.2 Å². The van der Waals surface area contributed by atoms with Crippen LogP contribution in [0.25, 0.3) is 0 Å². The summed E-state index contributed by atoms with van der Waals surface area (Å²) in [6, 6.07) is 14.4. The summed E-state index contributed by atoms with van der Waals surface area (Å²) in [7, 11) is 2.09. The maximum atomic E-state index is 14.0. The van der Waals surface area contributed by atoms with E-state index in [-0.39, 0.29) is 29.2 Å². The number of nitrogens with zero attached hydrogens (tertiary/aromatic N) is 1. The Balaban J connectivity index is 0.00000392. The van der Waals surface area contributed by atoms with Gasteiger partial charge >= 0.3 is 6.18 Å². The zero-order valence-electron chi connectivity index (χ0n) is 15.4. The largest absolute Gasteiger partial charge is 0.406 e. The molecule has 0 bridgehead atoms. The quantitative estimate of drug-likeness (QED) is 0.249. The summed E-state index contributed by atoms with van der Waals surface area (Å²) in [4.78, 5) is 13.4. The number of alkyl halides is 4. The van der Waals surface area contributed by atoms with Crippen LogP contribution < -0.4 is 0 Å². The standard InChI is InChI=1S/C20H21F4NOP.Mn/c1-14(19(2,21)27)16-8-10-17(11-9-16)18(26)25(13-20(22,23)24)12-15-6-4-3-5-7-15;/h3-11H,12-13,27H2,1-2H3;/q-1;/t19-;/m0./s1. The van der Waals surface area contributed by atoms with Crippen molar-refractivity contribution < 1.29 is 39.4 Å². The Morgan fingerprint density at radius 1 is 1.04 bits per heavy atom. The molecule has 0 spiro atoms. The van der Waals surface area contributed by atoms with Crippen molar-refractivity contribution >= 4 is 15.1 Å². The third-order valence-corrected chi connectivity index (χ3v) is 4.60. The molecule has 2 nitrogen and oxygen atoms in total. The van der Waals surface area contributed by atoms with Crippen molar-refractivity contribution in [1.29, 1.82) is 0 Å². The van der Waals surface area contributed by atoms with Crippen molar-refractivity contribution in [3.05, 3.63) is 77.2 Å². The van der Waals surface area contributed by atoms with Crippen molar-refractivity contribution in [2.45, 2.75) is 32.0 Å². The van der Waals surface area contributed by atoms with Crippen LogP contribution in [-0.4, -0.2) is 28.9 Å².